The minimum Gasteiger partial charge on any atom is -0.234 e. The maximum atomic E-state index is 9.45. The van der Waals surface area contributed by atoms with E-state index < -0.39 is 0 Å². The lowest BCUT2D eigenvalue weighted by atomic mass is 10.5. The van der Waals surface area contributed by atoms with Crippen LogP contribution >= 0.6 is 23.2 Å². The fourth-order valence-electron chi connectivity index (χ4n) is 0.118. The van der Waals surface area contributed by atoms with Crippen LogP contribution in [0.15, 0.2) is 6.08 Å². The topological polar surface area (TPSA) is 17.1 Å². The van der Waals surface area contributed by atoms with Crippen LogP contribution in [0.3, 0.4) is 0 Å². The predicted octanol–water partition coefficient (Wildman–Crippen LogP) is 1.22. The van der Waals surface area contributed by atoms with Crippen molar-refractivity contribution in [1.82, 2.24) is 0 Å². The van der Waals surface area contributed by atoms with Gasteiger partial charge >= 0.3 is 0 Å². The number of hydrogen-bond acceptors (Lipinski definition) is 1. The average molecular weight is 139 g/mol. The Balaban J connectivity index is 3.35. The zero-order chi connectivity index (χ0) is 5.70. The maximum Gasteiger partial charge on any atom is 0.121 e. The average Bonchev–Trinajstić information content (AvgIpc) is 1.68. The fraction of sp³-hybridized carbons (Fsp3) is 0.500. The van der Waals surface area contributed by atoms with E-state index in [9.17, 15) is 4.79 Å². The number of halogens is 2. The third-order valence-electron chi connectivity index (χ3n) is 0.396. The summed E-state index contributed by atoms with van der Waals surface area (Å²) in [6.45, 7) is 0. The van der Waals surface area contributed by atoms with Crippen LogP contribution < -0.4 is 0 Å². The molecule has 0 fully saturated rings. The van der Waals surface area contributed by atoms with Gasteiger partial charge in [0.25, 0.3) is 0 Å². The van der Waals surface area contributed by atoms with E-state index >= 15 is 0 Å². The number of hydrogen-bond donors (Lipinski definition) is 0. The van der Waals surface area contributed by atoms with Crippen molar-refractivity contribution in [2.45, 2.75) is 5.38 Å². The van der Waals surface area contributed by atoms with Gasteiger partial charge in [-0.3, -0.25) is 0 Å². The van der Waals surface area contributed by atoms with Gasteiger partial charge in [0.05, 0.1) is 5.38 Å². The Morgan fingerprint density at radius 2 is 2.43 bits per heavy atom. The summed E-state index contributed by atoms with van der Waals surface area (Å²) in [5.41, 5.74) is 0. The molecule has 0 spiro atoms. The lowest BCUT2D eigenvalue weighted by Gasteiger charge is -1.87. The van der Waals surface area contributed by atoms with Crippen LogP contribution in [0, 0.1) is 0 Å². The molecule has 3 heteroatoms. The van der Waals surface area contributed by atoms with Gasteiger partial charge in [0.15, 0.2) is 0 Å². The first-order chi connectivity index (χ1) is 3.31. The van der Waals surface area contributed by atoms with Crippen molar-refractivity contribution in [3.63, 3.8) is 0 Å². The molecule has 0 rings (SSSR count). The maximum absolute atomic E-state index is 9.45. The molecule has 1 atom stereocenters. The van der Waals surface area contributed by atoms with E-state index in [1.165, 1.54) is 12.0 Å². The molecule has 7 heavy (non-hydrogen) atoms. The third kappa shape index (κ3) is 3.87. The molecule has 0 aliphatic heterocycles. The predicted molar refractivity (Wildman–Crippen MR) is 30.6 cm³/mol. The Morgan fingerprint density at radius 3 is 2.57 bits per heavy atom. The summed E-state index contributed by atoms with van der Waals surface area (Å²) < 4.78 is 0. The summed E-state index contributed by atoms with van der Waals surface area (Å²) in [7, 11) is 0. The molecule has 0 heterocycles. The quantitative estimate of drug-likeness (QED) is 0.415. The first-order valence-electron chi connectivity index (χ1n) is 1.72. The minimum atomic E-state index is -0.362. The lowest BCUT2D eigenvalue weighted by molar-refractivity contribution is 0.568. The van der Waals surface area contributed by atoms with Gasteiger partial charge in [0, 0.05) is 12.0 Å². The minimum absolute atomic E-state index is 0.261. The van der Waals surface area contributed by atoms with Crippen molar-refractivity contribution in [2.75, 3.05) is 5.88 Å². The summed E-state index contributed by atoms with van der Waals surface area (Å²) in [6, 6.07) is 0. The van der Waals surface area contributed by atoms with E-state index in [4.69, 9.17) is 23.2 Å². The normalized spacial score (nSPS) is 12.3. The summed E-state index contributed by atoms with van der Waals surface area (Å²) >= 11 is 10.5. The van der Waals surface area contributed by atoms with Crippen LogP contribution in [0.2, 0.25) is 0 Å². The van der Waals surface area contributed by atoms with Gasteiger partial charge in [-0.05, 0) is 0 Å². The van der Waals surface area contributed by atoms with Crippen LogP contribution in [-0.2, 0) is 4.79 Å². The Kier molecular flexibility index (Phi) is 4.21. The van der Waals surface area contributed by atoms with Crippen LogP contribution in [0.25, 0.3) is 0 Å². The fourth-order valence-corrected chi connectivity index (χ4v) is 0.259. The molecule has 0 radical (unpaired) electrons. The van der Waals surface area contributed by atoms with Crippen LogP contribution in [0.5, 0.6) is 0 Å². The third-order valence-corrected chi connectivity index (χ3v) is 1.17. The number of allylic oxidation sites excluding steroid dienone is 1. The highest BCUT2D eigenvalue weighted by molar-refractivity contribution is 6.29. The van der Waals surface area contributed by atoms with Gasteiger partial charge < -0.3 is 0 Å². The Bertz CT molecular complexity index is 85.7. The zero-order valence-electron chi connectivity index (χ0n) is 3.53. The first-order valence-corrected chi connectivity index (χ1v) is 2.69. The first kappa shape index (κ1) is 7.03. The molecule has 0 aliphatic carbocycles. The van der Waals surface area contributed by atoms with Crippen molar-refractivity contribution in [3.05, 3.63) is 6.08 Å². The second-order valence-corrected chi connectivity index (χ2v) is 1.82. The zero-order valence-corrected chi connectivity index (χ0v) is 5.04. The molecular weight excluding hydrogens is 135 g/mol. The van der Waals surface area contributed by atoms with Crippen molar-refractivity contribution in [2.24, 2.45) is 0 Å². The summed E-state index contributed by atoms with van der Waals surface area (Å²) in [5, 5.41) is -0.362. The Labute approximate surface area is 51.9 Å². The van der Waals surface area contributed by atoms with Gasteiger partial charge in [-0.2, -0.15) is 0 Å². The molecule has 1 nitrogen and oxygen atoms in total. The van der Waals surface area contributed by atoms with Gasteiger partial charge in [-0.15, -0.1) is 23.2 Å². The molecule has 1 unspecified atom stereocenters. The molecule has 0 aliphatic rings. The van der Waals surface area contributed by atoms with Crippen molar-refractivity contribution < 1.29 is 4.79 Å². The van der Waals surface area contributed by atoms with E-state index in [0.29, 0.717) is 0 Å². The number of rotatable bonds is 2. The van der Waals surface area contributed by atoms with Crippen molar-refractivity contribution in [1.29, 1.82) is 0 Å². The molecule has 0 saturated carbocycles. The van der Waals surface area contributed by atoms with Crippen LogP contribution in [0.4, 0.5) is 0 Å². The van der Waals surface area contributed by atoms with E-state index in [1.54, 1.807) is 0 Å². The van der Waals surface area contributed by atoms with E-state index in [-0.39, 0.29) is 11.3 Å². The van der Waals surface area contributed by atoms with Gasteiger partial charge in [-0.1, -0.05) is 0 Å². The Hall–Kier alpha value is 0.0300. The number of alkyl halides is 2. The molecular formula is C4H4Cl2O. The molecule has 0 aromatic rings. The standard InChI is InChI=1S/C4H4Cl2O/c5-3-4(6)1-2-7/h1,4H,3H2. The molecule has 0 N–H and O–H groups in total. The van der Waals surface area contributed by atoms with Gasteiger partial charge in [0.1, 0.15) is 5.94 Å². The summed E-state index contributed by atoms with van der Waals surface area (Å²) in [4.78, 5) is 9.45. The van der Waals surface area contributed by atoms with Gasteiger partial charge in [-0.25, -0.2) is 4.79 Å². The highest BCUT2D eigenvalue weighted by atomic mass is 35.5. The largest absolute Gasteiger partial charge is 0.234 e. The smallest absolute Gasteiger partial charge is 0.121 e. The molecule has 0 bridgehead atoms. The SMILES string of the molecule is O=C=CC(Cl)CCl. The molecule has 0 saturated heterocycles. The monoisotopic (exact) mass is 138 g/mol. The highest BCUT2D eigenvalue weighted by Gasteiger charge is 1.92. The second-order valence-electron chi connectivity index (χ2n) is 0.955. The Morgan fingerprint density at radius 1 is 1.86 bits per heavy atom. The molecule has 40 valence electrons. The van der Waals surface area contributed by atoms with Crippen molar-refractivity contribution in [3.8, 4) is 0 Å². The molecule has 0 aromatic heterocycles. The lowest BCUT2D eigenvalue weighted by Crippen LogP contribution is -1.92. The van der Waals surface area contributed by atoms with Crippen LogP contribution in [-0.4, -0.2) is 17.2 Å². The van der Waals surface area contributed by atoms with E-state index in [2.05, 4.69) is 0 Å². The second kappa shape index (κ2) is 4.20. The van der Waals surface area contributed by atoms with E-state index in [0.717, 1.165) is 0 Å². The van der Waals surface area contributed by atoms with Crippen molar-refractivity contribution >= 4 is 29.1 Å². The number of carbonyl (C=O) groups excluding carboxylic acids is 1. The van der Waals surface area contributed by atoms with Crippen LogP contribution in [0.1, 0.15) is 0 Å². The molecule has 0 aromatic carbocycles. The summed E-state index contributed by atoms with van der Waals surface area (Å²) in [5.74, 6) is 1.79. The summed E-state index contributed by atoms with van der Waals surface area (Å²) in [6.07, 6.45) is 1.18. The van der Waals surface area contributed by atoms with E-state index in [1.807, 2.05) is 0 Å². The van der Waals surface area contributed by atoms with Gasteiger partial charge in [0.2, 0.25) is 0 Å². The highest BCUT2D eigenvalue weighted by Crippen LogP contribution is 1.96. The molecule has 0 amide bonds.